The van der Waals surface area contributed by atoms with Gasteiger partial charge in [0.15, 0.2) is 0 Å². The summed E-state index contributed by atoms with van der Waals surface area (Å²) in [4.78, 5) is 1.99. The lowest BCUT2D eigenvalue weighted by atomic mass is 10.4. The van der Waals surface area contributed by atoms with Gasteiger partial charge in [0.25, 0.3) is 0 Å². The predicted molar refractivity (Wildman–Crippen MR) is 37.3 cm³/mol. The van der Waals surface area contributed by atoms with Crippen LogP contribution >= 0.6 is 0 Å². The summed E-state index contributed by atoms with van der Waals surface area (Å²) in [6.45, 7) is 4.90. The molecule has 1 heterocycles. The molecule has 1 aliphatic rings. The fourth-order valence-corrected chi connectivity index (χ4v) is 0.950. The molecule has 4 nitrogen and oxygen atoms in total. The highest BCUT2D eigenvalue weighted by molar-refractivity contribution is 5.79. The second-order valence-electron chi connectivity index (χ2n) is 2.25. The lowest BCUT2D eigenvalue weighted by molar-refractivity contribution is 0.0663. The average Bonchev–Trinajstić information content (AvgIpc) is 2.05. The van der Waals surface area contributed by atoms with Crippen molar-refractivity contribution in [2.45, 2.75) is 6.92 Å². The third-order valence-electron chi connectivity index (χ3n) is 1.61. The maximum Gasteiger partial charge on any atom is 0.141 e. The molecule has 0 spiro atoms. The minimum Gasteiger partial charge on any atom is -0.409 e. The molecule has 4 heteroatoms. The van der Waals surface area contributed by atoms with Gasteiger partial charge in [-0.1, -0.05) is 5.16 Å². The summed E-state index contributed by atoms with van der Waals surface area (Å²) in [5.74, 6) is 0.670. The van der Waals surface area contributed by atoms with Gasteiger partial charge in [0, 0.05) is 13.1 Å². The zero-order chi connectivity index (χ0) is 7.40. The fraction of sp³-hybridized carbons (Fsp3) is 0.833. The Morgan fingerprint density at radius 2 is 2.10 bits per heavy atom. The lowest BCUT2D eigenvalue weighted by Crippen LogP contribution is -2.39. The third-order valence-corrected chi connectivity index (χ3v) is 1.61. The van der Waals surface area contributed by atoms with Crippen molar-refractivity contribution in [3.63, 3.8) is 0 Å². The molecule has 0 amide bonds. The molecule has 0 radical (unpaired) electrons. The van der Waals surface area contributed by atoms with Gasteiger partial charge in [0.2, 0.25) is 0 Å². The van der Waals surface area contributed by atoms with E-state index in [1.54, 1.807) is 6.92 Å². The number of ether oxygens (including phenoxy) is 1. The van der Waals surface area contributed by atoms with Crippen LogP contribution in [0.15, 0.2) is 5.16 Å². The Labute approximate surface area is 60.1 Å². The number of rotatable bonds is 0. The van der Waals surface area contributed by atoms with Crippen molar-refractivity contribution < 1.29 is 9.94 Å². The Morgan fingerprint density at radius 3 is 2.60 bits per heavy atom. The predicted octanol–water partition coefficient (Wildman–Crippen LogP) is 0.126. The van der Waals surface area contributed by atoms with Crippen molar-refractivity contribution in [3.8, 4) is 0 Å². The quantitative estimate of drug-likeness (QED) is 0.227. The van der Waals surface area contributed by atoms with E-state index in [0.717, 1.165) is 26.3 Å². The first-order valence-corrected chi connectivity index (χ1v) is 3.36. The molecule has 0 aromatic heterocycles. The van der Waals surface area contributed by atoms with Gasteiger partial charge >= 0.3 is 0 Å². The van der Waals surface area contributed by atoms with E-state index < -0.39 is 0 Å². The highest BCUT2D eigenvalue weighted by Gasteiger charge is 2.10. The largest absolute Gasteiger partial charge is 0.409 e. The van der Waals surface area contributed by atoms with E-state index in [2.05, 4.69) is 5.16 Å². The van der Waals surface area contributed by atoms with Crippen molar-refractivity contribution in [2.75, 3.05) is 26.3 Å². The summed E-state index contributed by atoms with van der Waals surface area (Å²) in [6.07, 6.45) is 0. The van der Waals surface area contributed by atoms with Gasteiger partial charge in [0.1, 0.15) is 5.84 Å². The van der Waals surface area contributed by atoms with Crippen molar-refractivity contribution in [2.24, 2.45) is 5.16 Å². The molecule has 0 bridgehead atoms. The lowest BCUT2D eigenvalue weighted by Gasteiger charge is -2.27. The summed E-state index contributed by atoms with van der Waals surface area (Å²) >= 11 is 0. The zero-order valence-corrected chi connectivity index (χ0v) is 6.08. The molecule has 0 aliphatic carbocycles. The van der Waals surface area contributed by atoms with Crippen molar-refractivity contribution >= 4 is 5.84 Å². The Hall–Kier alpha value is -0.770. The minimum absolute atomic E-state index is 0.670. The molecule has 0 atom stereocenters. The van der Waals surface area contributed by atoms with Crippen LogP contribution in [0.2, 0.25) is 0 Å². The van der Waals surface area contributed by atoms with Crippen molar-refractivity contribution in [1.29, 1.82) is 0 Å². The monoisotopic (exact) mass is 144 g/mol. The standard InChI is InChI=1S/C6H12N2O2/c1-6(7-9)8-2-4-10-5-3-8/h9H,2-5H2,1H3. The Morgan fingerprint density at radius 1 is 1.50 bits per heavy atom. The van der Waals surface area contributed by atoms with Crippen LogP contribution in [-0.4, -0.2) is 42.2 Å². The number of hydrogen-bond donors (Lipinski definition) is 1. The first-order valence-electron chi connectivity index (χ1n) is 3.36. The number of hydrogen-bond acceptors (Lipinski definition) is 3. The molecule has 0 aromatic carbocycles. The molecule has 0 aromatic rings. The van der Waals surface area contributed by atoms with E-state index in [1.807, 2.05) is 4.90 Å². The van der Waals surface area contributed by atoms with Gasteiger partial charge in [-0.15, -0.1) is 0 Å². The van der Waals surface area contributed by atoms with Crippen LogP contribution in [-0.2, 0) is 4.74 Å². The van der Waals surface area contributed by atoms with E-state index >= 15 is 0 Å². The summed E-state index contributed by atoms with van der Waals surface area (Å²) in [7, 11) is 0. The Kier molecular flexibility index (Phi) is 2.50. The van der Waals surface area contributed by atoms with Crippen molar-refractivity contribution in [1.82, 2.24) is 4.90 Å². The summed E-state index contributed by atoms with van der Waals surface area (Å²) in [5, 5.41) is 11.5. The van der Waals surface area contributed by atoms with Crippen LogP contribution in [0, 0.1) is 0 Å². The van der Waals surface area contributed by atoms with Crippen LogP contribution in [0.3, 0.4) is 0 Å². The molecule has 1 saturated heterocycles. The maximum atomic E-state index is 8.39. The van der Waals surface area contributed by atoms with Crippen LogP contribution in [0.1, 0.15) is 6.92 Å². The second kappa shape index (κ2) is 3.41. The molecule has 1 aliphatic heterocycles. The number of nitrogens with zero attached hydrogens (tertiary/aromatic N) is 2. The van der Waals surface area contributed by atoms with Crippen LogP contribution in [0.25, 0.3) is 0 Å². The summed E-state index contributed by atoms with van der Waals surface area (Å²) in [5.41, 5.74) is 0. The first kappa shape index (κ1) is 7.34. The van der Waals surface area contributed by atoms with Gasteiger partial charge in [-0.05, 0) is 6.92 Å². The van der Waals surface area contributed by atoms with E-state index in [-0.39, 0.29) is 0 Å². The molecule has 0 saturated carbocycles. The highest BCUT2D eigenvalue weighted by Crippen LogP contribution is 1.97. The van der Waals surface area contributed by atoms with E-state index in [9.17, 15) is 0 Å². The molecule has 1 rings (SSSR count). The normalized spacial score (nSPS) is 21.3. The van der Waals surface area contributed by atoms with Gasteiger partial charge in [-0.3, -0.25) is 0 Å². The molecule has 1 fully saturated rings. The fourth-order valence-electron chi connectivity index (χ4n) is 0.950. The van der Waals surface area contributed by atoms with Crippen LogP contribution in [0.5, 0.6) is 0 Å². The van der Waals surface area contributed by atoms with Gasteiger partial charge in [0.05, 0.1) is 13.2 Å². The van der Waals surface area contributed by atoms with E-state index in [4.69, 9.17) is 9.94 Å². The smallest absolute Gasteiger partial charge is 0.141 e. The zero-order valence-electron chi connectivity index (χ0n) is 6.08. The van der Waals surface area contributed by atoms with Crippen molar-refractivity contribution in [3.05, 3.63) is 0 Å². The van der Waals surface area contributed by atoms with E-state index in [1.165, 1.54) is 0 Å². The maximum absolute atomic E-state index is 8.39. The molecule has 58 valence electrons. The van der Waals surface area contributed by atoms with Gasteiger partial charge in [-0.25, -0.2) is 0 Å². The second-order valence-corrected chi connectivity index (χ2v) is 2.25. The molecule has 1 N–H and O–H groups in total. The summed E-state index contributed by atoms with van der Waals surface area (Å²) in [6, 6.07) is 0. The van der Waals surface area contributed by atoms with Gasteiger partial charge < -0.3 is 14.8 Å². The third kappa shape index (κ3) is 1.60. The van der Waals surface area contributed by atoms with Crippen LogP contribution < -0.4 is 0 Å². The number of morpholine rings is 1. The first-order chi connectivity index (χ1) is 4.84. The summed E-state index contributed by atoms with van der Waals surface area (Å²) < 4.78 is 5.12. The van der Waals surface area contributed by atoms with Crippen LogP contribution in [0.4, 0.5) is 0 Å². The minimum atomic E-state index is 0.670. The number of oxime groups is 1. The topological polar surface area (TPSA) is 45.1 Å². The highest BCUT2D eigenvalue weighted by atomic mass is 16.5. The Bertz CT molecular complexity index is 130. The number of amidine groups is 1. The van der Waals surface area contributed by atoms with Gasteiger partial charge in [-0.2, -0.15) is 0 Å². The molecule has 10 heavy (non-hydrogen) atoms. The molecular weight excluding hydrogens is 132 g/mol. The van der Waals surface area contributed by atoms with E-state index in [0.29, 0.717) is 5.84 Å². The average molecular weight is 144 g/mol. The SMILES string of the molecule is CC(=NO)N1CCOCC1. The Balaban J connectivity index is 2.39. The molecular formula is C6H12N2O2. The molecule has 0 unspecified atom stereocenters.